The molecule has 0 aromatic heterocycles. The van der Waals surface area contributed by atoms with E-state index in [9.17, 15) is 18.7 Å². The van der Waals surface area contributed by atoms with Crippen LogP contribution < -0.4 is 5.32 Å². The Hall–Kier alpha value is -2.27. The third-order valence-corrected chi connectivity index (χ3v) is 2.88. The molecule has 0 saturated heterocycles. The maximum Gasteiger partial charge on any atom is 0.325 e. The van der Waals surface area contributed by atoms with E-state index in [1.165, 1.54) is 24.3 Å². The third kappa shape index (κ3) is 3.39. The monoisotopic (exact) mass is 277 g/mol. The first-order chi connectivity index (χ1) is 9.58. The van der Waals surface area contributed by atoms with Crippen LogP contribution in [-0.4, -0.2) is 11.1 Å². The summed E-state index contributed by atoms with van der Waals surface area (Å²) in [5.41, 5.74) is 0.643. The molecule has 0 spiro atoms. The topological polar surface area (TPSA) is 49.3 Å². The average molecular weight is 277 g/mol. The second-order valence-electron chi connectivity index (χ2n) is 4.30. The number of hydrogen-bond acceptors (Lipinski definition) is 2. The van der Waals surface area contributed by atoms with Crippen molar-refractivity contribution >= 4 is 5.97 Å². The Morgan fingerprint density at radius 2 is 1.90 bits per heavy atom. The van der Waals surface area contributed by atoms with Crippen molar-refractivity contribution in [3.05, 3.63) is 71.3 Å². The van der Waals surface area contributed by atoms with Gasteiger partial charge in [-0.25, -0.2) is 8.78 Å². The van der Waals surface area contributed by atoms with Gasteiger partial charge in [-0.1, -0.05) is 30.3 Å². The fourth-order valence-electron chi connectivity index (χ4n) is 1.89. The number of rotatable bonds is 5. The standard InChI is InChI=1S/C15H13F2NO2/c16-12-6-3-5-10(8-12)14(15(19)20)18-9-11-4-1-2-7-13(11)17/h1-8,14,18H,9H2,(H,19,20). The van der Waals surface area contributed by atoms with Crippen LogP contribution in [0.1, 0.15) is 17.2 Å². The zero-order valence-corrected chi connectivity index (χ0v) is 10.5. The van der Waals surface area contributed by atoms with Gasteiger partial charge in [0, 0.05) is 12.1 Å². The molecule has 0 aliphatic rings. The van der Waals surface area contributed by atoms with E-state index in [1.807, 2.05) is 0 Å². The van der Waals surface area contributed by atoms with Crippen molar-refractivity contribution in [1.29, 1.82) is 0 Å². The maximum absolute atomic E-state index is 13.5. The summed E-state index contributed by atoms with van der Waals surface area (Å²) in [6, 6.07) is 10.3. The Balaban J connectivity index is 2.15. The summed E-state index contributed by atoms with van der Waals surface area (Å²) in [4.78, 5) is 11.2. The van der Waals surface area contributed by atoms with Crippen LogP contribution in [0.4, 0.5) is 8.78 Å². The van der Waals surface area contributed by atoms with Crippen LogP contribution >= 0.6 is 0 Å². The Labute approximate surface area is 114 Å². The van der Waals surface area contributed by atoms with Crippen LogP contribution in [0.15, 0.2) is 48.5 Å². The van der Waals surface area contributed by atoms with E-state index < -0.39 is 23.6 Å². The van der Waals surface area contributed by atoms with Crippen molar-refractivity contribution in [2.45, 2.75) is 12.6 Å². The molecule has 20 heavy (non-hydrogen) atoms. The van der Waals surface area contributed by atoms with Gasteiger partial charge in [0.1, 0.15) is 17.7 Å². The van der Waals surface area contributed by atoms with Crippen molar-refractivity contribution in [1.82, 2.24) is 5.32 Å². The first-order valence-corrected chi connectivity index (χ1v) is 6.03. The summed E-state index contributed by atoms with van der Waals surface area (Å²) in [5, 5.41) is 11.9. The molecule has 3 nitrogen and oxygen atoms in total. The highest BCUT2D eigenvalue weighted by molar-refractivity contribution is 5.75. The van der Waals surface area contributed by atoms with Gasteiger partial charge in [0.05, 0.1) is 0 Å². The molecule has 0 fully saturated rings. The van der Waals surface area contributed by atoms with Crippen LogP contribution in [0.5, 0.6) is 0 Å². The molecule has 5 heteroatoms. The predicted octanol–water partition coefficient (Wildman–Crippen LogP) is 2.88. The molecule has 0 aliphatic heterocycles. The average Bonchev–Trinajstić information content (AvgIpc) is 2.41. The highest BCUT2D eigenvalue weighted by atomic mass is 19.1. The second-order valence-corrected chi connectivity index (χ2v) is 4.30. The molecule has 104 valence electrons. The maximum atomic E-state index is 13.5. The molecule has 2 N–H and O–H groups in total. The zero-order chi connectivity index (χ0) is 14.5. The number of carbonyl (C=O) groups is 1. The summed E-state index contributed by atoms with van der Waals surface area (Å²) >= 11 is 0. The first-order valence-electron chi connectivity index (χ1n) is 6.03. The minimum Gasteiger partial charge on any atom is -0.480 e. The van der Waals surface area contributed by atoms with Gasteiger partial charge in [0.25, 0.3) is 0 Å². The summed E-state index contributed by atoms with van der Waals surface area (Å²) in [5.74, 6) is -2.07. The quantitative estimate of drug-likeness (QED) is 0.883. The summed E-state index contributed by atoms with van der Waals surface area (Å²) in [7, 11) is 0. The number of aliphatic carboxylic acids is 1. The highest BCUT2D eigenvalue weighted by Crippen LogP contribution is 2.16. The van der Waals surface area contributed by atoms with Gasteiger partial charge in [-0.3, -0.25) is 10.1 Å². The van der Waals surface area contributed by atoms with Gasteiger partial charge >= 0.3 is 5.97 Å². The number of nitrogens with one attached hydrogen (secondary N) is 1. The third-order valence-electron chi connectivity index (χ3n) is 2.88. The fourth-order valence-corrected chi connectivity index (χ4v) is 1.89. The van der Waals surface area contributed by atoms with Crippen LogP contribution in [0, 0.1) is 11.6 Å². The molecular weight excluding hydrogens is 264 g/mol. The minimum absolute atomic E-state index is 0.0418. The van der Waals surface area contributed by atoms with E-state index in [0.717, 1.165) is 6.07 Å². The summed E-state index contributed by atoms with van der Waals surface area (Å²) in [6.45, 7) is 0.0418. The molecule has 0 heterocycles. The number of benzene rings is 2. The van der Waals surface area contributed by atoms with E-state index in [4.69, 9.17) is 0 Å². The number of hydrogen-bond donors (Lipinski definition) is 2. The van der Waals surface area contributed by atoms with Crippen molar-refractivity contribution < 1.29 is 18.7 Å². The lowest BCUT2D eigenvalue weighted by atomic mass is 10.1. The smallest absolute Gasteiger partial charge is 0.325 e. The van der Waals surface area contributed by atoms with Crippen molar-refractivity contribution in [2.75, 3.05) is 0 Å². The lowest BCUT2D eigenvalue weighted by molar-refractivity contribution is -0.139. The van der Waals surface area contributed by atoms with E-state index in [1.54, 1.807) is 18.2 Å². The first kappa shape index (κ1) is 14.1. The van der Waals surface area contributed by atoms with E-state index >= 15 is 0 Å². The van der Waals surface area contributed by atoms with Crippen LogP contribution in [0.25, 0.3) is 0 Å². The van der Waals surface area contributed by atoms with Gasteiger partial charge in [0.15, 0.2) is 0 Å². The molecule has 2 aromatic rings. The molecule has 2 aromatic carbocycles. The van der Waals surface area contributed by atoms with Crippen LogP contribution in [0.3, 0.4) is 0 Å². The van der Waals surface area contributed by atoms with Crippen molar-refractivity contribution in [2.24, 2.45) is 0 Å². The molecule has 2 rings (SSSR count). The molecule has 1 unspecified atom stereocenters. The summed E-state index contributed by atoms with van der Waals surface area (Å²) < 4.78 is 26.6. The predicted molar refractivity (Wildman–Crippen MR) is 70.0 cm³/mol. The second kappa shape index (κ2) is 6.25. The lowest BCUT2D eigenvalue weighted by Crippen LogP contribution is -2.28. The van der Waals surface area contributed by atoms with E-state index in [-0.39, 0.29) is 12.1 Å². The van der Waals surface area contributed by atoms with Crippen LogP contribution in [-0.2, 0) is 11.3 Å². The Bertz CT molecular complexity index is 616. The van der Waals surface area contributed by atoms with Gasteiger partial charge in [-0.15, -0.1) is 0 Å². The molecule has 0 bridgehead atoms. The minimum atomic E-state index is -1.15. The van der Waals surface area contributed by atoms with Gasteiger partial charge in [0.2, 0.25) is 0 Å². The number of carboxylic acids is 1. The number of carboxylic acid groups (broad SMARTS) is 1. The van der Waals surface area contributed by atoms with Gasteiger partial charge < -0.3 is 5.11 Å². The van der Waals surface area contributed by atoms with E-state index in [2.05, 4.69) is 5.32 Å². The molecular formula is C15H13F2NO2. The highest BCUT2D eigenvalue weighted by Gasteiger charge is 2.19. The number of halogens is 2. The molecule has 0 amide bonds. The normalized spacial score (nSPS) is 12.1. The van der Waals surface area contributed by atoms with Gasteiger partial charge in [-0.05, 0) is 23.8 Å². The lowest BCUT2D eigenvalue weighted by Gasteiger charge is -2.15. The zero-order valence-electron chi connectivity index (χ0n) is 10.5. The fraction of sp³-hybridized carbons (Fsp3) is 0.133. The SMILES string of the molecule is O=C(O)C(NCc1ccccc1F)c1cccc(F)c1. The van der Waals surface area contributed by atoms with Crippen molar-refractivity contribution in [3.8, 4) is 0 Å². The Morgan fingerprint density at radius 3 is 2.55 bits per heavy atom. The Morgan fingerprint density at radius 1 is 1.15 bits per heavy atom. The summed E-state index contributed by atoms with van der Waals surface area (Å²) in [6.07, 6.45) is 0. The van der Waals surface area contributed by atoms with Crippen LogP contribution in [0.2, 0.25) is 0 Å². The van der Waals surface area contributed by atoms with E-state index in [0.29, 0.717) is 5.56 Å². The van der Waals surface area contributed by atoms with Gasteiger partial charge in [-0.2, -0.15) is 0 Å². The molecule has 0 radical (unpaired) electrons. The largest absolute Gasteiger partial charge is 0.480 e. The molecule has 1 atom stereocenters. The molecule has 0 saturated carbocycles. The Kier molecular flexibility index (Phi) is 4.42. The molecule has 0 aliphatic carbocycles. The van der Waals surface area contributed by atoms with Crippen molar-refractivity contribution in [3.63, 3.8) is 0 Å².